The molecule has 1 aliphatic carbocycles. The van der Waals surface area contributed by atoms with Gasteiger partial charge in [-0.3, -0.25) is 4.79 Å². The van der Waals surface area contributed by atoms with Crippen molar-refractivity contribution < 1.29 is 4.79 Å². The summed E-state index contributed by atoms with van der Waals surface area (Å²) in [6.07, 6.45) is 4.92. The zero-order valence-corrected chi connectivity index (χ0v) is 10.9. The van der Waals surface area contributed by atoms with Gasteiger partial charge in [0.25, 0.3) is 0 Å². The van der Waals surface area contributed by atoms with Crippen LogP contribution < -0.4 is 10.6 Å². The lowest BCUT2D eigenvalue weighted by Crippen LogP contribution is -2.33. The number of carbonyl (C=O) groups excluding carboxylic acids is 1. The number of fused-ring (bicyclic) bond motifs is 1. The Labute approximate surface area is 112 Å². The zero-order valence-electron chi connectivity index (χ0n) is 10.9. The van der Waals surface area contributed by atoms with E-state index in [4.69, 9.17) is 0 Å². The first-order chi connectivity index (χ1) is 9.33. The maximum atomic E-state index is 11.9. The number of hydrogen-bond acceptors (Lipinski definition) is 2. The first kappa shape index (κ1) is 12.2. The normalized spacial score (nSPS) is 14.7. The van der Waals surface area contributed by atoms with Gasteiger partial charge in [-0.25, -0.2) is 0 Å². The van der Waals surface area contributed by atoms with Gasteiger partial charge in [-0.1, -0.05) is 18.2 Å². The Hall–Kier alpha value is -1.81. The molecule has 100 valence electrons. The maximum Gasteiger partial charge on any atom is 0.224 e. The van der Waals surface area contributed by atoms with Crippen LogP contribution in [0.1, 0.15) is 18.4 Å². The molecule has 0 radical (unpaired) electrons. The Morgan fingerprint density at radius 1 is 1.26 bits per heavy atom. The number of aromatic amines is 1. The van der Waals surface area contributed by atoms with Crippen molar-refractivity contribution in [1.82, 2.24) is 15.6 Å². The molecule has 1 heterocycles. The van der Waals surface area contributed by atoms with Gasteiger partial charge < -0.3 is 15.6 Å². The summed E-state index contributed by atoms with van der Waals surface area (Å²) in [6, 6.07) is 8.76. The summed E-state index contributed by atoms with van der Waals surface area (Å²) < 4.78 is 0. The van der Waals surface area contributed by atoms with Crippen molar-refractivity contribution in [2.24, 2.45) is 0 Å². The Morgan fingerprint density at radius 3 is 2.95 bits per heavy atom. The fourth-order valence-corrected chi connectivity index (χ4v) is 2.28. The molecule has 4 heteroatoms. The molecule has 1 aromatic heterocycles. The van der Waals surface area contributed by atoms with E-state index in [0.717, 1.165) is 23.0 Å². The Balaban J connectivity index is 1.50. The second kappa shape index (κ2) is 5.45. The van der Waals surface area contributed by atoms with Gasteiger partial charge >= 0.3 is 0 Å². The van der Waals surface area contributed by atoms with Gasteiger partial charge in [0.15, 0.2) is 0 Å². The Kier molecular flexibility index (Phi) is 3.51. The molecule has 0 atom stereocenters. The predicted molar refractivity (Wildman–Crippen MR) is 76.0 cm³/mol. The molecule has 0 unspecified atom stereocenters. The molecule has 19 heavy (non-hydrogen) atoms. The van der Waals surface area contributed by atoms with Crippen molar-refractivity contribution in [3.05, 3.63) is 36.0 Å². The van der Waals surface area contributed by atoms with E-state index in [2.05, 4.69) is 15.6 Å². The molecule has 4 nitrogen and oxygen atoms in total. The van der Waals surface area contributed by atoms with Crippen LogP contribution in [0.3, 0.4) is 0 Å². The van der Waals surface area contributed by atoms with E-state index >= 15 is 0 Å². The van der Waals surface area contributed by atoms with Crippen molar-refractivity contribution in [3.8, 4) is 0 Å². The number of nitrogens with one attached hydrogen (secondary N) is 3. The minimum Gasteiger partial charge on any atom is -0.361 e. The van der Waals surface area contributed by atoms with Gasteiger partial charge in [-0.05, 0) is 24.5 Å². The van der Waals surface area contributed by atoms with Gasteiger partial charge in [0.05, 0.1) is 6.42 Å². The SMILES string of the molecule is O=C(Cc1c[nH]c2ccccc12)NCCNC1CC1. The molecule has 0 bridgehead atoms. The standard InChI is InChI=1S/C15H19N3O/c19-15(17-8-7-16-12-5-6-12)9-11-10-18-14-4-2-1-3-13(11)14/h1-4,10,12,16,18H,5-9H2,(H,17,19). The first-order valence-corrected chi connectivity index (χ1v) is 6.88. The molecular weight excluding hydrogens is 238 g/mol. The van der Waals surface area contributed by atoms with E-state index < -0.39 is 0 Å². The monoisotopic (exact) mass is 257 g/mol. The zero-order chi connectivity index (χ0) is 13.1. The molecule has 1 fully saturated rings. The Bertz CT molecular complexity index is 572. The summed E-state index contributed by atoms with van der Waals surface area (Å²) in [5.74, 6) is 0.0855. The molecule has 3 rings (SSSR count). The van der Waals surface area contributed by atoms with Crippen molar-refractivity contribution in [1.29, 1.82) is 0 Å². The number of carbonyl (C=O) groups is 1. The molecule has 1 amide bonds. The molecular formula is C15H19N3O. The van der Waals surface area contributed by atoms with E-state index in [9.17, 15) is 4.79 Å². The average molecular weight is 257 g/mol. The maximum absolute atomic E-state index is 11.9. The quantitative estimate of drug-likeness (QED) is 0.688. The summed E-state index contributed by atoms with van der Waals surface area (Å²) in [5, 5.41) is 7.47. The number of benzene rings is 1. The summed E-state index contributed by atoms with van der Waals surface area (Å²) in [5.41, 5.74) is 2.14. The number of rotatable bonds is 6. The highest BCUT2D eigenvalue weighted by molar-refractivity contribution is 5.88. The van der Waals surface area contributed by atoms with E-state index in [1.807, 2.05) is 30.5 Å². The topological polar surface area (TPSA) is 56.9 Å². The summed E-state index contributed by atoms with van der Waals surface area (Å²) in [4.78, 5) is 15.1. The van der Waals surface area contributed by atoms with E-state index in [0.29, 0.717) is 19.0 Å². The number of aromatic nitrogens is 1. The molecule has 0 saturated heterocycles. The van der Waals surface area contributed by atoms with Gasteiger partial charge in [0.1, 0.15) is 0 Å². The molecule has 0 aliphatic heterocycles. The number of para-hydroxylation sites is 1. The summed E-state index contributed by atoms with van der Waals surface area (Å²) in [7, 11) is 0. The fourth-order valence-electron chi connectivity index (χ4n) is 2.28. The average Bonchev–Trinajstić information content (AvgIpc) is 3.17. The van der Waals surface area contributed by atoms with Crippen LogP contribution in [0.15, 0.2) is 30.5 Å². The minimum absolute atomic E-state index is 0.0855. The van der Waals surface area contributed by atoms with E-state index in [1.54, 1.807) is 0 Å². The van der Waals surface area contributed by atoms with Crippen LogP contribution in [0.2, 0.25) is 0 Å². The van der Waals surface area contributed by atoms with Crippen LogP contribution in [-0.4, -0.2) is 30.0 Å². The third-order valence-electron chi connectivity index (χ3n) is 3.48. The summed E-state index contributed by atoms with van der Waals surface area (Å²) >= 11 is 0. The van der Waals surface area contributed by atoms with Crippen LogP contribution in [-0.2, 0) is 11.2 Å². The fraction of sp³-hybridized carbons (Fsp3) is 0.400. The van der Waals surface area contributed by atoms with Crippen LogP contribution >= 0.6 is 0 Å². The lowest BCUT2D eigenvalue weighted by Gasteiger charge is -2.05. The minimum atomic E-state index is 0.0855. The third kappa shape index (κ3) is 3.15. The van der Waals surface area contributed by atoms with Gasteiger partial charge in [-0.2, -0.15) is 0 Å². The van der Waals surface area contributed by atoms with Gasteiger partial charge in [0.2, 0.25) is 5.91 Å². The van der Waals surface area contributed by atoms with Gasteiger partial charge in [0, 0.05) is 36.2 Å². The van der Waals surface area contributed by atoms with Crippen molar-refractivity contribution in [2.45, 2.75) is 25.3 Å². The molecule has 2 aromatic rings. The molecule has 3 N–H and O–H groups in total. The second-order valence-corrected chi connectivity index (χ2v) is 5.11. The van der Waals surface area contributed by atoms with E-state index in [-0.39, 0.29) is 5.91 Å². The number of H-pyrrole nitrogens is 1. The molecule has 1 aromatic carbocycles. The number of amides is 1. The van der Waals surface area contributed by atoms with E-state index in [1.165, 1.54) is 12.8 Å². The van der Waals surface area contributed by atoms with Crippen LogP contribution in [0.5, 0.6) is 0 Å². The van der Waals surface area contributed by atoms with Crippen LogP contribution in [0, 0.1) is 0 Å². The highest BCUT2D eigenvalue weighted by Gasteiger charge is 2.19. The van der Waals surface area contributed by atoms with Gasteiger partial charge in [-0.15, -0.1) is 0 Å². The first-order valence-electron chi connectivity index (χ1n) is 6.88. The second-order valence-electron chi connectivity index (χ2n) is 5.11. The predicted octanol–water partition coefficient (Wildman–Crippen LogP) is 1.58. The lowest BCUT2D eigenvalue weighted by atomic mass is 10.1. The van der Waals surface area contributed by atoms with Crippen molar-refractivity contribution in [3.63, 3.8) is 0 Å². The largest absolute Gasteiger partial charge is 0.361 e. The highest BCUT2D eigenvalue weighted by Crippen LogP contribution is 2.18. The molecule has 1 saturated carbocycles. The molecule has 0 spiro atoms. The van der Waals surface area contributed by atoms with Crippen molar-refractivity contribution >= 4 is 16.8 Å². The lowest BCUT2D eigenvalue weighted by molar-refractivity contribution is -0.120. The summed E-state index contributed by atoms with van der Waals surface area (Å²) in [6.45, 7) is 1.57. The van der Waals surface area contributed by atoms with Crippen LogP contribution in [0.25, 0.3) is 10.9 Å². The Morgan fingerprint density at radius 2 is 2.11 bits per heavy atom. The number of hydrogen-bond donors (Lipinski definition) is 3. The molecule has 1 aliphatic rings. The van der Waals surface area contributed by atoms with Crippen molar-refractivity contribution in [2.75, 3.05) is 13.1 Å². The smallest absolute Gasteiger partial charge is 0.224 e. The third-order valence-corrected chi connectivity index (χ3v) is 3.48. The van der Waals surface area contributed by atoms with Crippen LogP contribution in [0.4, 0.5) is 0 Å². The highest BCUT2D eigenvalue weighted by atomic mass is 16.1.